The molecule has 2 aromatic carbocycles. The lowest BCUT2D eigenvalue weighted by Crippen LogP contribution is -2.43. The number of halogens is 1. The SMILES string of the molecule is Cc1ccccc1N1C(=O)C[C@@H](N(C)CC(=O)Nc2ccccc2Cl)C1=O. The van der Waals surface area contributed by atoms with Crippen molar-refractivity contribution in [2.45, 2.75) is 19.4 Å². The summed E-state index contributed by atoms with van der Waals surface area (Å²) in [6, 6.07) is 13.5. The minimum Gasteiger partial charge on any atom is -0.324 e. The van der Waals surface area contributed by atoms with Crippen LogP contribution in [0, 0.1) is 6.92 Å². The van der Waals surface area contributed by atoms with E-state index in [-0.39, 0.29) is 30.7 Å². The molecular weight excluding hydrogens is 366 g/mol. The summed E-state index contributed by atoms with van der Waals surface area (Å²) in [6.07, 6.45) is 0.0447. The van der Waals surface area contributed by atoms with Gasteiger partial charge in [-0.1, -0.05) is 41.9 Å². The van der Waals surface area contributed by atoms with Gasteiger partial charge in [-0.25, -0.2) is 4.90 Å². The van der Waals surface area contributed by atoms with E-state index in [1.807, 2.05) is 19.1 Å². The molecule has 1 saturated heterocycles. The van der Waals surface area contributed by atoms with Crippen molar-refractivity contribution < 1.29 is 14.4 Å². The van der Waals surface area contributed by atoms with E-state index in [0.717, 1.165) is 5.56 Å². The summed E-state index contributed by atoms with van der Waals surface area (Å²) in [4.78, 5) is 40.4. The Kier molecular flexibility index (Phi) is 5.58. The summed E-state index contributed by atoms with van der Waals surface area (Å²) < 4.78 is 0. The van der Waals surface area contributed by atoms with Gasteiger partial charge >= 0.3 is 0 Å². The second-order valence-corrected chi connectivity index (χ2v) is 6.92. The van der Waals surface area contributed by atoms with E-state index in [1.165, 1.54) is 4.90 Å². The number of imide groups is 1. The zero-order valence-electron chi connectivity index (χ0n) is 15.1. The zero-order valence-corrected chi connectivity index (χ0v) is 15.9. The van der Waals surface area contributed by atoms with Gasteiger partial charge in [-0.3, -0.25) is 19.3 Å². The number of para-hydroxylation sites is 2. The van der Waals surface area contributed by atoms with E-state index in [9.17, 15) is 14.4 Å². The second kappa shape index (κ2) is 7.90. The number of aryl methyl sites for hydroxylation is 1. The Bertz CT molecular complexity index is 900. The van der Waals surface area contributed by atoms with Crippen molar-refractivity contribution in [3.05, 3.63) is 59.1 Å². The molecule has 7 heteroatoms. The van der Waals surface area contributed by atoms with Crippen molar-refractivity contribution in [1.82, 2.24) is 4.90 Å². The van der Waals surface area contributed by atoms with Crippen LogP contribution in [0.25, 0.3) is 0 Å². The highest BCUT2D eigenvalue weighted by Gasteiger charge is 2.42. The first kappa shape index (κ1) is 19.1. The van der Waals surface area contributed by atoms with Gasteiger partial charge in [0.2, 0.25) is 11.8 Å². The van der Waals surface area contributed by atoms with Gasteiger partial charge in [0.15, 0.2) is 0 Å². The van der Waals surface area contributed by atoms with Crippen LogP contribution in [0.15, 0.2) is 48.5 Å². The monoisotopic (exact) mass is 385 g/mol. The van der Waals surface area contributed by atoms with E-state index in [0.29, 0.717) is 16.4 Å². The van der Waals surface area contributed by atoms with E-state index in [2.05, 4.69) is 5.32 Å². The maximum Gasteiger partial charge on any atom is 0.251 e. The van der Waals surface area contributed by atoms with Crippen LogP contribution >= 0.6 is 11.6 Å². The Morgan fingerprint density at radius 1 is 1.19 bits per heavy atom. The summed E-state index contributed by atoms with van der Waals surface area (Å²) in [5.41, 5.74) is 1.94. The van der Waals surface area contributed by atoms with Crippen molar-refractivity contribution in [3.63, 3.8) is 0 Å². The molecule has 6 nitrogen and oxygen atoms in total. The van der Waals surface area contributed by atoms with Gasteiger partial charge < -0.3 is 5.32 Å². The molecule has 0 radical (unpaired) electrons. The molecule has 0 bridgehead atoms. The smallest absolute Gasteiger partial charge is 0.251 e. The molecule has 1 N–H and O–H groups in total. The highest BCUT2D eigenvalue weighted by atomic mass is 35.5. The molecule has 27 heavy (non-hydrogen) atoms. The van der Waals surface area contributed by atoms with Crippen LogP contribution in [0.4, 0.5) is 11.4 Å². The van der Waals surface area contributed by atoms with Gasteiger partial charge in [-0.05, 0) is 37.7 Å². The van der Waals surface area contributed by atoms with E-state index < -0.39 is 6.04 Å². The maximum absolute atomic E-state index is 12.8. The third-order valence-corrected chi connectivity index (χ3v) is 4.88. The van der Waals surface area contributed by atoms with Crippen molar-refractivity contribution in [1.29, 1.82) is 0 Å². The average molecular weight is 386 g/mol. The Labute approximate surface area is 162 Å². The number of hydrogen-bond donors (Lipinski definition) is 1. The number of carbonyl (C=O) groups is 3. The van der Waals surface area contributed by atoms with Crippen LogP contribution in [0.2, 0.25) is 5.02 Å². The maximum atomic E-state index is 12.8. The fraction of sp³-hybridized carbons (Fsp3) is 0.250. The average Bonchev–Trinajstić information content (AvgIpc) is 2.92. The van der Waals surface area contributed by atoms with Gasteiger partial charge in [0.05, 0.1) is 35.4 Å². The molecule has 1 atom stereocenters. The van der Waals surface area contributed by atoms with Crippen LogP contribution in [0.3, 0.4) is 0 Å². The van der Waals surface area contributed by atoms with Gasteiger partial charge in [0.1, 0.15) is 0 Å². The molecular formula is C20H20ClN3O3. The van der Waals surface area contributed by atoms with Crippen molar-refractivity contribution in [2.24, 2.45) is 0 Å². The zero-order chi connectivity index (χ0) is 19.6. The third kappa shape index (κ3) is 4.02. The Morgan fingerprint density at radius 2 is 1.85 bits per heavy atom. The molecule has 1 heterocycles. The minimum absolute atomic E-state index is 0.0312. The number of anilines is 2. The van der Waals surface area contributed by atoms with Crippen molar-refractivity contribution in [3.8, 4) is 0 Å². The highest BCUT2D eigenvalue weighted by Crippen LogP contribution is 2.28. The van der Waals surface area contributed by atoms with E-state index in [1.54, 1.807) is 48.3 Å². The Balaban J connectivity index is 1.69. The van der Waals surface area contributed by atoms with Crippen LogP contribution in [0.5, 0.6) is 0 Å². The number of amides is 3. The lowest BCUT2D eigenvalue weighted by molar-refractivity contribution is -0.123. The van der Waals surface area contributed by atoms with E-state index in [4.69, 9.17) is 11.6 Å². The van der Waals surface area contributed by atoms with Crippen LogP contribution in [-0.2, 0) is 14.4 Å². The summed E-state index contributed by atoms with van der Waals surface area (Å²) in [7, 11) is 1.66. The number of benzene rings is 2. The summed E-state index contributed by atoms with van der Waals surface area (Å²) in [6.45, 7) is 1.82. The first-order valence-corrected chi connectivity index (χ1v) is 8.93. The van der Waals surface area contributed by atoms with Gasteiger partial charge in [-0.15, -0.1) is 0 Å². The molecule has 0 saturated carbocycles. The number of likely N-dealkylation sites (N-methyl/N-ethyl adjacent to an activating group) is 1. The summed E-state index contributed by atoms with van der Waals surface area (Å²) in [5, 5.41) is 3.16. The predicted octanol–water partition coefficient (Wildman–Crippen LogP) is 2.85. The van der Waals surface area contributed by atoms with E-state index >= 15 is 0 Å². The number of rotatable bonds is 5. The molecule has 0 spiro atoms. The molecule has 0 unspecified atom stereocenters. The molecule has 1 fully saturated rings. The number of hydrogen-bond acceptors (Lipinski definition) is 4. The topological polar surface area (TPSA) is 69.7 Å². The quantitative estimate of drug-likeness (QED) is 0.803. The largest absolute Gasteiger partial charge is 0.324 e. The number of nitrogens with zero attached hydrogens (tertiary/aromatic N) is 2. The normalized spacial score (nSPS) is 16.9. The second-order valence-electron chi connectivity index (χ2n) is 6.52. The van der Waals surface area contributed by atoms with Crippen molar-refractivity contribution in [2.75, 3.05) is 23.8 Å². The number of carbonyl (C=O) groups excluding carboxylic acids is 3. The molecule has 140 valence electrons. The minimum atomic E-state index is -0.672. The fourth-order valence-corrected chi connectivity index (χ4v) is 3.30. The first-order valence-electron chi connectivity index (χ1n) is 8.55. The lowest BCUT2D eigenvalue weighted by atomic mass is 10.2. The Hall–Kier alpha value is -2.70. The van der Waals surface area contributed by atoms with Gasteiger partial charge in [0, 0.05) is 0 Å². The molecule has 0 aromatic heterocycles. The van der Waals surface area contributed by atoms with Gasteiger partial charge in [0.25, 0.3) is 5.91 Å². The van der Waals surface area contributed by atoms with Gasteiger partial charge in [-0.2, -0.15) is 0 Å². The molecule has 3 rings (SSSR count). The van der Waals surface area contributed by atoms with Crippen molar-refractivity contribution >= 4 is 40.7 Å². The third-order valence-electron chi connectivity index (χ3n) is 4.55. The summed E-state index contributed by atoms with van der Waals surface area (Å²) >= 11 is 6.04. The van der Waals surface area contributed by atoms with Crippen LogP contribution in [-0.4, -0.2) is 42.3 Å². The lowest BCUT2D eigenvalue weighted by Gasteiger charge is -2.23. The molecule has 2 aromatic rings. The highest BCUT2D eigenvalue weighted by molar-refractivity contribution is 6.33. The predicted molar refractivity (Wildman–Crippen MR) is 105 cm³/mol. The fourth-order valence-electron chi connectivity index (χ4n) is 3.12. The molecule has 1 aliphatic rings. The first-order chi connectivity index (χ1) is 12.9. The standard InChI is InChI=1S/C20H20ClN3O3/c1-13-7-3-6-10-16(13)24-19(26)11-17(20(24)27)23(2)12-18(25)22-15-9-5-4-8-14(15)21/h3-10,17H,11-12H2,1-2H3,(H,22,25)/t17-/m1/s1. The summed E-state index contributed by atoms with van der Waals surface area (Å²) in [5.74, 6) is -0.889. The van der Waals surface area contributed by atoms with Crippen LogP contribution < -0.4 is 10.2 Å². The molecule has 3 amide bonds. The van der Waals surface area contributed by atoms with Crippen LogP contribution in [0.1, 0.15) is 12.0 Å². The number of nitrogens with one attached hydrogen (secondary N) is 1. The molecule has 1 aliphatic heterocycles. The molecule has 0 aliphatic carbocycles. The Morgan fingerprint density at radius 3 is 2.56 bits per heavy atom.